The van der Waals surface area contributed by atoms with E-state index in [4.69, 9.17) is 5.73 Å². The van der Waals surface area contributed by atoms with Gasteiger partial charge in [0.05, 0.1) is 6.04 Å². The van der Waals surface area contributed by atoms with Crippen molar-refractivity contribution in [3.05, 3.63) is 68.8 Å². The van der Waals surface area contributed by atoms with Crippen LogP contribution in [0.5, 0.6) is 0 Å². The Labute approximate surface area is 116 Å². The summed E-state index contributed by atoms with van der Waals surface area (Å²) >= 11 is 2.30. The molecule has 0 aliphatic rings. The maximum Gasteiger partial charge on any atom is 0.0551 e. The predicted molar refractivity (Wildman–Crippen MR) is 81.0 cm³/mol. The molecule has 0 bridgehead atoms. The largest absolute Gasteiger partial charge is 0.320 e. The zero-order valence-electron chi connectivity index (χ0n) is 9.86. The standard InChI is InChI=1S/C15H16IN/c1-2-11-3-5-12(6-4-11)15(17)13-7-9-14(16)10-8-13/h3-10,15H,2,17H2,1H3. The maximum absolute atomic E-state index is 6.26. The topological polar surface area (TPSA) is 26.0 Å². The fourth-order valence-electron chi connectivity index (χ4n) is 1.82. The third-order valence-corrected chi connectivity index (χ3v) is 3.70. The molecular formula is C15H16IN. The molecule has 2 N–H and O–H groups in total. The molecule has 2 heteroatoms. The minimum atomic E-state index is -0.0297. The van der Waals surface area contributed by atoms with E-state index in [-0.39, 0.29) is 6.04 Å². The highest BCUT2D eigenvalue weighted by molar-refractivity contribution is 14.1. The zero-order valence-corrected chi connectivity index (χ0v) is 12.0. The van der Waals surface area contributed by atoms with Gasteiger partial charge in [0, 0.05) is 3.57 Å². The highest BCUT2D eigenvalue weighted by atomic mass is 127. The first-order valence-corrected chi connectivity index (χ1v) is 6.88. The van der Waals surface area contributed by atoms with Crippen molar-refractivity contribution in [3.63, 3.8) is 0 Å². The zero-order chi connectivity index (χ0) is 12.3. The van der Waals surface area contributed by atoms with Gasteiger partial charge < -0.3 is 5.73 Å². The van der Waals surface area contributed by atoms with Crippen LogP contribution in [0.25, 0.3) is 0 Å². The van der Waals surface area contributed by atoms with E-state index in [9.17, 15) is 0 Å². The summed E-state index contributed by atoms with van der Waals surface area (Å²) in [5.74, 6) is 0. The van der Waals surface area contributed by atoms with Crippen LogP contribution in [0.3, 0.4) is 0 Å². The summed E-state index contributed by atoms with van der Waals surface area (Å²) in [5.41, 5.74) is 9.94. The van der Waals surface area contributed by atoms with Crippen LogP contribution in [0.15, 0.2) is 48.5 Å². The van der Waals surface area contributed by atoms with Gasteiger partial charge in [-0.1, -0.05) is 43.3 Å². The Bertz CT molecular complexity index is 473. The van der Waals surface area contributed by atoms with Crippen molar-refractivity contribution in [1.29, 1.82) is 0 Å². The molecule has 0 aromatic heterocycles. The van der Waals surface area contributed by atoms with E-state index >= 15 is 0 Å². The van der Waals surface area contributed by atoms with Gasteiger partial charge in [-0.15, -0.1) is 0 Å². The van der Waals surface area contributed by atoms with Crippen LogP contribution >= 0.6 is 22.6 Å². The van der Waals surface area contributed by atoms with Gasteiger partial charge in [0.25, 0.3) is 0 Å². The lowest BCUT2D eigenvalue weighted by atomic mass is 9.98. The minimum Gasteiger partial charge on any atom is -0.320 e. The van der Waals surface area contributed by atoms with E-state index in [0.29, 0.717) is 0 Å². The van der Waals surface area contributed by atoms with Gasteiger partial charge in [0.15, 0.2) is 0 Å². The van der Waals surface area contributed by atoms with Gasteiger partial charge >= 0.3 is 0 Å². The van der Waals surface area contributed by atoms with E-state index in [1.165, 1.54) is 14.7 Å². The van der Waals surface area contributed by atoms with Crippen LogP contribution in [-0.4, -0.2) is 0 Å². The number of nitrogens with two attached hydrogens (primary N) is 1. The Morgan fingerprint density at radius 3 is 1.88 bits per heavy atom. The monoisotopic (exact) mass is 337 g/mol. The molecule has 2 rings (SSSR count). The number of rotatable bonds is 3. The van der Waals surface area contributed by atoms with E-state index < -0.39 is 0 Å². The van der Waals surface area contributed by atoms with Crippen molar-refractivity contribution in [2.75, 3.05) is 0 Å². The Morgan fingerprint density at radius 1 is 0.941 bits per heavy atom. The van der Waals surface area contributed by atoms with Gasteiger partial charge in [-0.3, -0.25) is 0 Å². The number of hydrogen-bond acceptors (Lipinski definition) is 1. The van der Waals surface area contributed by atoms with Crippen molar-refractivity contribution >= 4 is 22.6 Å². The van der Waals surface area contributed by atoms with Crippen molar-refractivity contribution in [2.45, 2.75) is 19.4 Å². The summed E-state index contributed by atoms with van der Waals surface area (Å²) in [4.78, 5) is 0. The molecule has 0 aliphatic heterocycles. The minimum absolute atomic E-state index is 0.0297. The maximum atomic E-state index is 6.26. The Hall–Kier alpha value is -0.870. The van der Waals surface area contributed by atoms with Crippen LogP contribution in [0, 0.1) is 3.57 Å². The van der Waals surface area contributed by atoms with Crippen LogP contribution in [0.2, 0.25) is 0 Å². The lowest BCUT2D eigenvalue weighted by Crippen LogP contribution is -2.11. The number of aryl methyl sites for hydroxylation is 1. The van der Waals surface area contributed by atoms with Crippen molar-refractivity contribution in [1.82, 2.24) is 0 Å². The second-order valence-electron chi connectivity index (χ2n) is 4.12. The molecule has 1 unspecified atom stereocenters. The van der Waals surface area contributed by atoms with Crippen LogP contribution in [0.4, 0.5) is 0 Å². The Balaban J connectivity index is 2.23. The predicted octanol–water partition coefficient (Wildman–Crippen LogP) is 3.90. The molecule has 0 spiro atoms. The summed E-state index contributed by atoms with van der Waals surface area (Å²) in [6, 6.07) is 16.9. The summed E-state index contributed by atoms with van der Waals surface area (Å²) < 4.78 is 1.24. The molecular weight excluding hydrogens is 321 g/mol. The summed E-state index contributed by atoms with van der Waals surface area (Å²) in [6.45, 7) is 2.16. The van der Waals surface area contributed by atoms with Crippen LogP contribution < -0.4 is 5.73 Å². The van der Waals surface area contributed by atoms with E-state index in [1.807, 2.05) is 0 Å². The van der Waals surface area contributed by atoms with Gasteiger partial charge in [0.2, 0.25) is 0 Å². The molecule has 0 aliphatic carbocycles. The molecule has 0 radical (unpaired) electrons. The van der Waals surface area contributed by atoms with E-state index in [1.54, 1.807) is 0 Å². The van der Waals surface area contributed by atoms with Gasteiger partial charge in [-0.05, 0) is 57.8 Å². The number of hydrogen-bond donors (Lipinski definition) is 1. The molecule has 0 heterocycles. The van der Waals surface area contributed by atoms with Gasteiger partial charge in [0.1, 0.15) is 0 Å². The molecule has 2 aromatic carbocycles. The highest BCUT2D eigenvalue weighted by Crippen LogP contribution is 2.20. The molecule has 2 aromatic rings. The molecule has 0 saturated carbocycles. The summed E-state index contributed by atoms with van der Waals surface area (Å²) in [7, 11) is 0. The summed E-state index contributed by atoms with van der Waals surface area (Å²) in [6.07, 6.45) is 1.07. The SMILES string of the molecule is CCc1ccc(C(N)c2ccc(I)cc2)cc1. The first-order chi connectivity index (χ1) is 8.20. The third-order valence-electron chi connectivity index (χ3n) is 2.98. The molecule has 1 atom stereocenters. The lowest BCUT2D eigenvalue weighted by molar-refractivity contribution is 0.869. The molecule has 88 valence electrons. The average molecular weight is 337 g/mol. The van der Waals surface area contributed by atoms with Crippen LogP contribution in [-0.2, 0) is 6.42 Å². The molecule has 0 amide bonds. The highest BCUT2D eigenvalue weighted by Gasteiger charge is 2.08. The van der Waals surface area contributed by atoms with Gasteiger partial charge in [-0.25, -0.2) is 0 Å². The van der Waals surface area contributed by atoms with E-state index in [2.05, 4.69) is 78.0 Å². The quantitative estimate of drug-likeness (QED) is 0.845. The fourth-order valence-corrected chi connectivity index (χ4v) is 2.18. The lowest BCUT2D eigenvalue weighted by Gasteiger charge is -2.13. The average Bonchev–Trinajstić information content (AvgIpc) is 2.39. The molecule has 1 nitrogen and oxygen atoms in total. The third kappa shape index (κ3) is 3.07. The number of benzene rings is 2. The number of halogens is 1. The Kier molecular flexibility index (Phi) is 4.18. The van der Waals surface area contributed by atoms with Crippen molar-refractivity contribution in [3.8, 4) is 0 Å². The normalized spacial score (nSPS) is 12.4. The van der Waals surface area contributed by atoms with Crippen LogP contribution in [0.1, 0.15) is 29.7 Å². The summed E-state index contributed by atoms with van der Waals surface area (Å²) in [5, 5.41) is 0. The second-order valence-corrected chi connectivity index (χ2v) is 5.37. The smallest absolute Gasteiger partial charge is 0.0551 e. The fraction of sp³-hybridized carbons (Fsp3) is 0.200. The van der Waals surface area contributed by atoms with Crippen molar-refractivity contribution in [2.24, 2.45) is 5.73 Å². The molecule has 17 heavy (non-hydrogen) atoms. The molecule has 0 fully saturated rings. The van der Waals surface area contributed by atoms with E-state index in [0.717, 1.165) is 12.0 Å². The van der Waals surface area contributed by atoms with Crippen molar-refractivity contribution < 1.29 is 0 Å². The first kappa shape index (κ1) is 12.6. The Morgan fingerprint density at radius 2 is 1.41 bits per heavy atom. The molecule has 0 saturated heterocycles. The second kappa shape index (κ2) is 5.65. The first-order valence-electron chi connectivity index (χ1n) is 5.80. The van der Waals surface area contributed by atoms with Gasteiger partial charge in [-0.2, -0.15) is 0 Å².